The van der Waals surface area contributed by atoms with Crippen LogP contribution in [-0.4, -0.2) is 25.8 Å². The minimum absolute atomic E-state index is 0.0406. The smallest absolute Gasteiger partial charge is 0.340 e. The molecule has 0 fully saturated rings. The van der Waals surface area contributed by atoms with Crippen LogP contribution < -0.4 is 5.73 Å². The molecule has 1 aromatic carbocycles. The number of benzene rings is 1. The van der Waals surface area contributed by atoms with E-state index in [0.29, 0.717) is 19.1 Å². The fourth-order valence-electron chi connectivity index (χ4n) is 1.31. The monoisotopic (exact) mass is 255 g/mol. The highest BCUT2D eigenvalue weighted by Gasteiger charge is 2.13. The molecule has 0 heterocycles. The summed E-state index contributed by atoms with van der Waals surface area (Å²) < 4.78 is 23.3. The lowest BCUT2D eigenvalue weighted by atomic mass is 10.2. The van der Waals surface area contributed by atoms with Crippen LogP contribution in [0.2, 0.25) is 0 Å². The summed E-state index contributed by atoms with van der Waals surface area (Å²) in [6.07, 6.45) is 0. The number of ether oxygens (including phenoxy) is 2. The van der Waals surface area contributed by atoms with Gasteiger partial charge >= 0.3 is 5.97 Å². The number of nitrogens with two attached hydrogens (primary N) is 1. The van der Waals surface area contributed by atoms with Gasteiger partial charge in [0.1, 0.15) is 12.4 Å². The van der Waals surface area contributed by atoms with E-state index in [2.05, 4.69) is 0 Å². The van der Waals surface area contributed by atoms with E-state index in [4.69, 9.17) is 15.2 Å². The summed E-state index contributed by atoms with van der Waals surface area (Å²) in [5.74, 6) is -0.833. The summed E-state index contributed by atoms with van der Waals surface area (Å²) in [5.41, 5.74) is 5.30. The molecule has 0 unspecified atom stereocenters. The Bertz CT molecular complexity index is 407. The predicted octanol–water partition coefficient (Wildman–Crippen LogP) is 2.24. The van der Waals surface area contributed by atoms with Crippen molar-refractivity contribution in [2.24, 2.45) is 5.92 Å². The summed E-state index contributed by atoms with van der Waals surface area (Å²) in [6.45, 7) is 5.11. The number of para-hydroxylation sites is 1. The number of anilines is 1. The first-order valence-electron chi connectivity index (χ1n) is 5.81. The Balaban J connectivity index is 2.39. The first-order chi connectivity index (χ1) is 8.52. The summed E-state index contributed by atoms with van der Waals surface area (Å²) in [4.78, 5) is 11.6. The molecule has 0 spiro atoms. The molecule has 0 amide bonds. The zero-order valence-electron chi connectivity index (χ0n) is 10.6. The molecule has 2 N–H and O–H groups in total. The minimum Gasteiger partial charge on any atom is -0.460 e. The summed E-state index contributed by atoms with van der Waals surface area (Å²) in [7, 11) is 0. The molecule has 0 aromatic heterocycles. The average Bonchev–Trinajstić information content (AvgIpc) is 2.31. The molecule has 0 bridgehead atoms. The van der Waals surface area contributed by atoms with Crippen LogP contribution in [0.25, 0.3) is 0 Å². The molecule has 5 heteroatoms. The van der Waals surface area contributed by atoms with Crippen molar-refractivity contribution in [1.29, 1.82) is 0 Å². The number of rotatable bonds is 6. The standard InChI is InChI=1S/C13H18FNO3/c1-9(2)8-17-6-7-18-13(16)10-4-3-5-11(14)12(10)15/h3-5,9H,6-8,15H2,1-2H3. The number of esters is 1. The zero-order chi connectivity index (χ0) is 13.5. The van der Waals surface area contributed by atoms with Crippen molar-refractivity contribution in [2.45, 2.75) is 13.8 Å². The number of carbonyl (C=O) groups is 1. The summed E-state index contributed by atoms with van der Waals surface area (Å²) in [6, 6.07) is 4.03. The first-order valence-corrected chi connectivity index (χ1v) is 5.81. The van der Waals surface area contributed by atoms with Gasteiger partial charge in [-0.1, -0.05) is 19.9 Å². The van der Waals surface area contributed by atoms with Gasteiger partial charge in [-0.05, 0) is 18.1 Å². The third kappa shape index (κ3) is 4.33. The van der Waals surface area contributed by atoms with Crippen molar-refractivity contribution in [2.75, 3.05) is 25.6 Å². The van der Waals surface area contributed by atoms with E-state index in [1.165, 1.54) is 18.2 Å². The minimum atomic E-state index is -0.639. The van der Waals surface area contributed by atoms with Crippen molar-refractivity contribution in [3.05, 3.63) is 29.6 Å². The fraction of sp³-hybridized carbons (Fsp3) is 0.462. The van der Waals surface area contributed by atoms with Gasteiger partial charge in [-0.15, -0.1) is 0 Å². The lowest BCUT2D eigenvalue weighted by Gasteiger charge is -2.09. The molecule has 18 heavy (non-hydrogen) atoms. The molecule has 4 nitrogen and oxygen atoms in total. The van der Waals surface area contributed by atoms with Crippen molar-refractivity contribution >= 4 is 11.7 Å². The highest BCUT2D eigenvalue weighted by Crippen LogP contribution is 2.16. The van der Waals surface area contributed by atoms with Crippen molar-refractivity contribution in [3.63, 3.8) is 0 Å². The molecule has 0 saturated heterocycles. The van der Waals surface area contributed by atoms with E-state index >= 15 is 0 Å². The van der Waals surface area contributed by atoms with Crippen molar-refractivity contribution in [1.82, 2.24) is 0 Å². The second-order valence-electron chi connectivity index (χ2n) is 4.31. The molecule has 1 rings (SSSR count). The quantitative estimate of drug-likeness (QED) is 0.481. The average molecular weight is 255 g/mol. The molecule has 0 aliphatic rings. The van der Waals surface area contributed by atoms with Gasteiger partial charge in [-0.3, -0.25) is 0 Å². The fourth-order valence-corrected chi connectivity index (χ4v) is 1.31. The molecular weight excluding hydrogens is 237 g/mol. The van der Waals surface area contributed by atoms with E-state index in [0.717, 1.165) is 0 Å². The van der Waals surface area contributed by atoms with Gasteiger partial charge in [-0.25, -0.2) is 9.18 Å². The van der Waals surface area contributed by atoms with Crippen LogP contribution in [-0.2, 0) is 9.47 Å². The molecule has 100 valence electrons. The lowest BCUT2D eigenvalue weighted by Crippen LogP contribution is -2.14. The number of carbonyl (C=O) groups excluding carboxylic acids is 1. The third-order valence-corrected chi connectivity index (χ3v) is 2.18. The van der Waals surface area contributed by atoms with E-state index in [1.54, 1.807) is 0 Å². The van der Waals surface area contributed by atoms with Crippen LogP contribution in [0.1, 0.15) is 24.2 Å². The number of hydrogen-bond donors (Lipinski definition) is 1. The van der Waals surface area contributed by atoms with Gasteiger partial charge in [0, 0.05) is 6.61 Å². The maximum atomic E-state index is 13.1. The lowest BCUT2D eigenvalue weighted by molar-refractivity contribution is 0.0278. The van der Waals surface area contributed by atoms with Crippen molar-refractivity contribution < 1.29 is 18.7 Å². The Labute approximate surface area is 106 Å². The van der Waals surface area contributed by atoms with Crippen LogP contribution >= 0.6 is 0 Å². The van der Waals surface area contributed by atoms with Crippen LogP contribution in [0, 0.1) is 11.7 Å². The number of nitrogen functional groups attached to an aromatic ring is 1. The molecule has 0 aliphatic carbocycles. The topological polar surface area (TPSA) is 61.5 Å². The number of hydrogen-bond acceptors (Lipinski definition) is 4. The van der Waals surface area contributed by atoms with Crippen molar-refractivity contribution in [3.8, 4) is 0 Å². The van der Waals surface area contributed by atoms with Gasteiger partial charge in [0.15, 0.2) is 0 Å². The van der Waals surface area contributed by atoms with Gasteiger partial charge in [-0.2, -0.15) is 0 Å². The van der Waals surface area contributed by atoms with E-state index in [-0.39, 0.29) is 17.9 Å². The third-order valence-electron chi connectivity index (χ3n) is 2.18. The molecule has 0 atom stereocenters. The normalized spacial score (nSPS) is 10.7. The van der Waals surface area contributed by atoms with Gasteiger partial charge in [0.05, 0.1) is 17.9 Å². The maximum Gasteiger partial charge on any atom is 0.340 e. The van der Waals surface area contributed by atoms with Gasteiger partial charge in [0.25, 0.3) is 0 Å². The second-order valence-corrected chi connectivity index (χ2v) is 4.31. The van der Waals surface area contributed by atoms with Crippen LogP contribution in [0.5, 0.6) is 0 Å². The van der Waals surface area contributed by atoms with Gasteiger partial charge in [0.2, 0.25) is 0 Å². The zero-order valence-corrected chi connectivity index (χ0v) is 10.6. The predicted molar refractivity (Wildman–Crippen MR) is 66.8 cm³/mol. The molecule has 0 aliphatic heterocycles. The van der Waals surface area contributed by atoms with Gasteiger partial charge < -0.3 is 15.2 Å². The largest absolute Gasteiger partial charge is 0.460 e. The Morgan fingerprint density at radius 1 is 1.39 bits per heavy atom. The molecule has 0 saturated carbocycles. The summed E-state index contributed by atoms with van der Waals surface area (Å²) in [5, 5.41) is 0. The maximum absolute atomic E-state index is 13.1. The van der Waals surface area contributed by atoms with Crippen LogP contribution in [0.4, 0.5) is 10.1 Å². The SMILES string of the molecule is CC(C)COCCOC(=O)c1cccc(F)c1N. The Hall–Kier alpha value is -1.62. The van der Waals surface area contributed by atoms with E-state index < -0.39 is 11.8 Å². The number of halogens is 1. The summed E-state index contributed by atoms with van der Waals surface area (Å²) >= 11 is 0. The first kappa shape index (κ1) is 14.4. The Kier molecular flexibility index (Phi) is 5.58. The van der Waals surface area contributed by atoms with Crippen LogP contribution in [0.3, 0.4) is 0 Å². The second kappa shape index (κ2) is 6.96. The molecular formula is C13H18FNO3. The van der Waals surface area contributed by atoms with E-state index in [1.807, 2.05) is 13.8 Å². The molecule has 1 aromatic rings. The molecule has 0 radical (unpaired) electrons. The Morgan fingerprint density at radius 3 is 2.78 bits per heavy atom. The van der Waals surface area contributed by atoms with E-state index in [9.17, 15) is 9.18 Å². The highest BCUT2D eigenvalue weighted by molar-refractivity contribution is 5.95. The van der Waals surface area contributed by atoms with Crippen LogP contribution in [0.15, 0.2) is 18.2 Å². The Morgan fingerprint density at radius 2 is 2.11 bits per heavy atom. The highest BCUT2D eigenvalue weighted by atomic mass is 19.1.